The minimum atomic E-state index is -1.91. The van der Waals surface area contributed by atoms with E-state index in [1.54, 1.807) is 0 Å². The molecule has 0 aromatic rings. The van der Waals surface area contributed by atoms with E-state index in [0.29, 0.717) is 6.61 Å². The fourth-order valence-corrected chi connectivity index (χ4v) is 7.26. The summed E-state index contributed by atoms with van der Waals surface area (Å²) in [6, 6.07) is 0. The summed E-state index contributed by atoms with van der Waals surface area (Å²) in [5, 5.41) is 0. The maximum atomic E-state index is 6.80. The van der Waals surface area contributed by atoms with Crippen LogP contribution in [0, 0.1) is 0 Å². The lowest BCUT2D eigenvalue weighted by atomic mass is 9.99. The molecule has 1 saturated heterocycles. The summed E-state index contributed by atoms with van der Waals surface area (Å²) in [6.45, 7) is 31.0. The smallest absolute Gasteiger partial charge is 0.185 e. The van der Waals surface area contributed by atoms with Crippen molar-refractivity contribution >= 4 is 33.3 Å². The highest BCUT2D eigenvalue weighted by Gasteiger charge is 2.52. The second kappa shape index (κ2) is 10.9. The van der Waals surface area contributed by atoms with Gasteiger partial charge in [-0.2, -0.15) is 0 Å². The second-order valence-electron chi connectivity index (χ2n) is 12.7. The zero-order valence-electron chi connectivity index (χ0n) is 22.6. The summed E-state index contributed by atoms with van der Waals surface area (Å²) >= 11 is 0. The third-order valence-electron chi connectivity index (χ3n) is 4.15. The first-order valence-corrected chi connectivity index (χ1v) is 25.3. The summed E-state index contributed by atoms with van der Waals surface area (Å²) in [5.74, 6) is 0. The lowest BCUT2D eigenvalue weighted by Gasteiger charge is -2.51. The highest BCUT2D eigenvalue weighted by Crippen LogP contribution is 2.34. The van der Waals surface area contributed by atoms with Gasteiger partial charge in [-0.25, -0.2) is 0 Å². The number of hydrogen-bond donors (Lipinski definition) is 0. The van der Waals surface area contributed by atoms with Gasteiger partial charge in [-0.3, -0.25) is 0 Å². The van der Waals surface area contributed by atoms with E-state index >= 15 is 0 Å². The van der Waals surface area contributed by atoms with Gasteiger partial charge in [0.1, 0.15) is 24.4 Å². The van der Waals surface area contributed by atoms with Gasteiger partial charge in [0.25, 0.3) is 0 Å². The van der Waals surface area contributed by atoms with Crippen molar-refractivity contribution in [1.29, 1.82) is 0 Å². The molecule has 1 rings (SSSR count). The molecule has 0 radical (unpaired) electrons. The molecule has 186 valence electrons. The van der Waals surface area contributed by atoms with Crippen molar-refractivity contribution in [2.45, 2.75) is 129 Å². The van der Waals surface area contributed by atoms with Crippen molar-refractivity contribution in [3.8, 4) is 0 Å². The monoisotopic (exact) mass is 510 g/mol. The van der Waals surface area contributed by atoms with Crippen LogP contribution in [0.15, 0.2) is 0 Å². The third kappa shape index (κ3) is 12.1. The Labute approximate surface area is 196 Å². The van der Waals surface area contributed by atoms with Crippen LogP contribution in [-0.2, 0) is 27.2 Å². The normalized spacial score (nSPS) is 28.9. The highest BCUT2D eigenvalue weighted by molar-refractivity contribution is 6.71. The number of ether oxygens (including phenoxy) is 2. The molecular weight excluding hydrogens is 461 g/mol. The van der Waals surface area contributed by atoms with E-state index < -0.39 is 39.6 Å². The Bertz CT molecular complexity index is 548. The van der Waals surface area contributed by atoms with Crippen LogP contribution in [0.25, 0.3) is 0 Å². The highest BCUT2D eigenvalue weighted by atomic mass is 28.4. The Morgan fingerprint density at radius 2 is 1.03 bits per heavy atom. The van der Waals surface area contributed by atoms with E-state index in [4.69, 9.17) is 27.2 Å². The second-order valence-corrected chi connectivity index (χ2v) is 30.6. The van der Waals surface area contributed by atoms with Crippen molar-refractivity contribution in [3.05, 3.63) is 0 Å². The zero-order valence-corrected chi connectivity index (χ0v) is 26.6. The lowest BCUT2D eigenvalue weighted by Crippen LogP contribution is -2.66. The predicted molar refractivity (Wildman–Crippen MR) is 139 cm³/mol. The average molecular weight is 511 g/mol. The van der Waals surface area contributed by atoms with Crippen LogP contribution >= 0.6 is 0 Å². The minimum absolute atomic E-state index is 0.0123. The molecule has 1 fully saturated rings. The SMILES string of the molecule is CC(C)OC1O[C@H](CO[Si](C)(C)C)[C@@H](O[Si](C)(C)C)[C@H](O[Si](C)(C)C)[C@H]1O[Si](C)(C)C. The van der Waals surface area contributed by atoms with E-state index in [9.17, 15) is 0 Å². The van der Waals surface area contributed by atoms with Gasteiger partial charge in [-0.15, -0.1) is 0 Å². The van der Waals surface area contributed by atoms with Crippen molar-refractivity contribution in [2.75, 3.05) is 6.61 Å². The molecule has 0 saturated carbocycles. The minimum Gasteiger partial charge on any atom is -0.415 e. The van der Waals surface area contributed by atoms with Crippen molar-refractivity contribution < 1.29 is 27.2 Å². The van der Waals surface area contributed by atoms with Crippen LogP contribution in [0.3, 0.4) is 0 Å². The van der Waals surface area contributed by atoms with Crippen LogP contribution in [0.1, 0.15) is 13.8 Å². The summed E-state index contributed by atoms with van der Waals surface area (Å²) in [7, 11) is -7.44. The quantitative estimate of drug-likeness (QED) is 0.335. The molecule has 1 aliphatic rings. The molecule has 1 heterocycles. The molecule has 5 atom stereocenters. The Morgan fingerprint density at radius 1 is 0.613 bits per heavy atom. The largest absolute Gasteiger partial charge is 0.415 e. The van der Waals surface area contributed by atoms with Gasteiger partial charge in [0.05, 0.1) is 12.7 Å². The Morgan fingerprint density at radius 3 is 1.42 bits per heavy atom. The van der Waals surface area contributed by atoms with Gasteiger partial charge < -0.3 is 27.2 Å². The molecule has 0 amide bonds. The van der Waals surface area contributed by atoms with Crippen LogP contribution in [-0.4, -0.2) is 76.7 Å². The number of hydrogen-bond acceptors (Lipinski definition) is 6. The Balaban J connectivity index is 3.44. The van der Waals surface area contributed by atoms with Gasteiger partial charge >= 0.3 is 0 Å². The van der Waals surface area contributed by atoms with Crippen molar-refractivity contribution in [1.82, 2.24) is 0 Å². The first-order chi connectivity index (χ1) is 13.7. The fraction of sp³-hybridized carbons (Fsp3) is 1.00. The Kier molecular flexibility index (Phi) is 10.4. The van der Waals surface area contributed by atoms with E-state index in [1.807, 2.05) is 13.8 Å². The molecule has 10 heteroatoms. The molecule has 6 nitrogen and oxygen atoms in total. The standard InChI is InChI=1S/C21H50O6Si4/c1-16(2)23-21-20(27-31(12,13)14)19(26-30(9,10)11)18(25-29(6,7)8)17(24-21)15-22-28(3,4)5/h16-21H,15H2,1-14H3/t17-,18-,19+,20-,21?/m1/s1. The summed E-state index contributed by atoms with van der Waals surface area (Å²) in [5.41, 5.74) is 0. The molecule has 1 aliphatic heterocycles. The lowest BCUT2D eigenvalue weighted by molar-refractivity contribution is -0.298. The average Bonchev–Trinajstić information content (AvgIpc) is 2.46. The van der Waals surface area contributed by atoms with Crippen LogP contribution in [0.5, 0.6) is 0 Å². The molecule has 0 aromatic heterocycles. The topological polar surface area (TPSA) is 55.4 Å². The Hall–Kier alpha value is 0.628. The number of rotatable bonds is 11. The summed E-state index contributed by atoms with van der Waals surface area (Å²) in [4.78, 5) is 0. The summed E-state index contributed by atoms with van der Waals surface area (Å²) < 4.78 is 39.3. The van der Waals surface area contributed by atoms with Gasteiger partial charge in [-0.1, -0.05) is 0 Å². The van der Waals surface area contributed by atoms with E-state index in [2.05, 4.69) is 78.6 Å². The van der Waals surface area contributed by atoms with E-state index in [0.717, 1.165) is 0 Å². The molecule has 1 unspecified atom stereocenters. The molecule has 0 aliphatic carbocycles. The zero-order chi connectivity index (χ0) is 24.4. The maximum Gasteiger partial charge on any atom is 0.185 e. The van der Waals surface area contributed by atoms with E-state index in [-0.39, 0.29) is 30.5 Å². The van der Waals surface area contributed by atoms with Crippen LogP contribution in [0.2, 0.25) is 78.6 Å². The third-order valence-corrected chi connectivity index (χ3v) is 8.12. The molecule has 0 aromatic carbocycles. The van der Waals surface area contributed by atoms with E-state index in [1.165, 1.54) is 0 Å². The van der Waals surface area contributed by atoms with Crippen LogP contribution < -0.4 is 0 Å². The predicted octanol–water partition coefficient (Wildman–Crippen LogP) is 5.65. The molecular formula is C21H50O6Si4. The summed E-state index contributed by atoms with van der Waals surface area (Å²) in [6.07, 6.45) is -1.58. The molecule has 0 spiro atoms. The van der Waals surface area contributed by atoms with Gasteiger partial charge in [0.2, 0.25) is 0 Å². The first kappa shape index (κ1) is 29.7. The van der Waals surface area contributed by atoms with Crippen molar-refractivity contribution in [2.24, 2.45) is 0 Å². The molecule has 31 heavy (non-hydrogen) atoms. The molecule has 0 N–H and O–H groups in total. The first-order valence-electron chi connectivity index (χ1n) is 11.7. The van der Waals surface area contributed by atoms with Gasteiger partial charge in [0.15, 0.2) is 39.6 Å². The van der Waals surface area contributed by atoms with Crippen LogP contribution in [0.4, 0.5) is 0 Å². The van der Waals surface area contributed by atoms with Gasteiger partial charge in [-0.05, 0) is 92.4 Å². The van der Waals surface area contributed by atoms with Crippen molar-refractivity contribution in [3.63, 3.8) is 0 Å². The molecule has 0 bridgehead atoms. The van der Waals surface area contributed by atoms with Gasteiger partial charge in [0, 0.05) is 0 Å². The maximum absolute atomic E-state index is 6.80. The fourth-order valence-electron chi connectivity index (χ4n) is 3.35.